The molecule has 0 atom stereocenters. The zero-order chi connectivity index (χ0) is 36.6. The molecule has 0 fully saturated rings. The lowest BCUT2D eigenvalue weighted by molar-refractivity contribution is 1.16. The zero-order valence-electron chi connectivity index (χ0n) is 29.5. The summed E-state index contributed by atoms with van der Waals surface area (Å²) < 4.78 is 6.94. The number of hydrogen-bond acceptors (Lipinski definition) is 1. The first-order valence-corrected chi connectivity index (χ1v) is 18.3. The number of hydrogen-bond donors (Lipinski definition) is 0. The Balaban J connectivity index is 1.20. The second kappa shape index (κ2) is 11.8. The maximum atomic E-state index is 10.8. The van der Waals surface area contributed by atoms with Crippen molar-refractivity contribution in [3.63, 3.8) is 0 Å². The van der Waals surface area contributed by atoms with Crippen molar-refractivity contribution in [1.82, 2.24) is 13.7 Å². The molecule has 0 aliphatic rings. The molecule has 0 aliphatic carbocycles. The Morgan fingerprint density at radius 2 is 1.02 bits per heavy atom. The van der Waals surface area contributed by atoms with Crippen LogP contribution >= 0.6 is 0 Å². The molecular weight excluding hydrogens is 671 g/mol. The fourth-order valence-electron chi connectivity index (χ4n) is 8.84. The highest BCUT2D eigenvalue weighted by atomic mass is 15.0. The molecule has 8 aromatic carbocycles. The molecular formula is C50H29N5. The normalized spacial score (nSPS) is 11.6. The highest BCUT2D eigenvalue weighted by Crippen LogP contribution is 2.43. The van der Waals surface area contributed by atoms with E-state index in [-0.39, 0.29) is 0 Å². The summed E-state index contributed by atoms with van der Waals surface area (Å²) in [6, 6.07) is 63.7. The van der Waals surface area contributed by atoms with Crippen molar-refractivity contribution in [2.24, 2.45) is 0 Å². The van der Waals surface area contributed by atoms with Crippen LogP contribution in [0.25, 0.3) is 98.5 Å². The summed E-state index contributed by atoms with van der Waals surface area (Å²) in [5.74, 6) is 0. The smallest absolute Gasteiger partial charge is 0.188 e. The van der Waals surface area contributed by atoms with E-state index >= 15 is 0 Å². The van der Waals surface area contributed by atoms with Crippen LogP contribution in [0.5, 0.6) is 0 Å². The molecule has 11 aromatic rings. The molecule has 5 heteroatoms. The molecule has 0 spiro atoms. The molecule has 5 nitrogen and oxygen atoms in total. The predicted molar refractivity (Wildman–Crippen MR) is 226 cm³/mol. The molecule has 0 N–H and O–H groups in total. The SMILES string of the molecule is [C-]#[N+]c1ccc2c(c1)c1ccccc1n2-c1cccc2c1c1ccccc1n2-c1c(C#N)cccc1-c1cccc(-n2c3ccccc3c3ccccc32)c1. The summed E-state index contributed by atoms with van der Waals surface area (Å²) >= 11 is 0. The third-order valence-electron chi connectivity index (χ3n) is 11.1. The van der Waals surface area contributed by atoms with E-state index in [0.29, 0.717) is 11.3 Å². The largest absolute Gasteiger partial charge is 0.309 e. The number of nitrogens with zero attached hydrogens (tertiary/aromatic N) is 5. The first-order chi connectivity index (χ1) is 27.2. The fourth-order valence-corrected chi connectivity index (χ4v) is 8.84. The van der Waals surface area contributed by atoms with E-state index in [1.165, 1.54) is 10.8 Å². The van der Waals surface area contributed by atoms with Gasteiger partial charge in [0.15, 0.2) is 5.69 Å². The van der Waals surface area contributed by atoms with Gasteiger partial charge in [-0.05, 0) is 77.7 Å². The standard InChI is InChI=1S/C50H29N5/c1-52-34-27-28-46-41(30-34)39-18-4-8-23-44(39)54(46)47-25-12-26-48-49(47)40-19-5-9-24-45(40)55(48)50-33(31-51)14-11-20-36(50)32-13-10-15-35(29-32)53-42-21-6-2-16-37(42)38-17-3-7-22-43(38)53/h2-30H. The van der Waals surface area contributed by atoms with Crippen molar-refractivity contribution in [2.75, 3.05) is 0 Å². The number of nitriles is 1. The molecule has 0 saturated carbocycles. The molecule has 0 bridgehead atoms. The van der Waals surface area contributed by atoms with Gasteiger partial charge in [-0.3, -0.25) is 0 Å². The molecule has 0 radical (unpaired) electrons. The lowest BCUT2D eigenvalue weighted by Crippen LogP contribution is -2.02. The first kappa shape index (κ1) is 30.7. The number of rotatable bonds is 4. The Morgan fingerprint density at radius 3 is 1.71 bits per heavy atom. The molecule has 0 unspecified atom stereocenters. The van der Waals surface area contributed by atoms with Crippen LogP contribution < -0.4 is 0 Å². The van der Waals surface area contributed by atoms with Crippen LogP contribution in [0.3, 0.4) is 0 Å². The van der Waals surface area contributed by atoms with Gasteiger partial charge >= 0.3 is 0 Å². The fraction of sp³-hybridized carbons (Fsp3) is 0. The lowest BCUT2D eigenvalue weighted by atomic mass is 9.99. The van der Waals surface area contributed by atoms with Gasteiger partial charge in [0.2, 0.25) is 0 Å². The van der Waals surface area contributed by atoms with Crippen LogP contribution in [-0.2, 0) is 0 Å². The van der Waals surface area contributed by atoms with Gasteiger partial charge in [-0.25, -0.2) is 4.85 Å². The summed E-state index contributed by atoms with van der Waals surface area (Å²) in [4.78, 5) is 3.74. The van der Waals surface area contributed by atoms with Crippen molar-refractivity contribution in [3.05, 3.63) is 193 Å². The number of fused-ring (bicyclic) bond motifs is 9. The zero-order valence-corrected chi connectivity index (χ0v) is 29.5. The summed E-state index contributed by atoms with van der Waals surface area (Å²) in [6.07, 6.45) is 0. The van der Waals surface area contributed by atoms with Crippen molar-refractivity contribution >= 4 is 71.1 Å². The van der Waals surface area contributed by atoms with E-state index in [2.05, 4.69) is 176 Å². The van der Waals surface area contributed by atoms with E-state index in [9.17, 15) is 5.26 Å². The summed E-state index contributed by atoms with van der Waals surface area (Å²) in [6.45, 7) is 7.70. The van der Waals surface area contributed by atoms with E-state index in [1.54, 1.807) is 0 Å². The summed E-state index contributed by atoms with van der Waals surface area (Å²) in [5, 5.41) is 17.5. The van der Waals surface area contributed by atoms with Crippen molar-refractivity contribution < 1.29 is 0 Å². The van der Waals surface area contributed by atoms with Gasteiger partial charge in [0.05, 0.1) is 56.6 Å². The Bertz CT molecular complexity index is 3420. The molecule has 0 saturated heterocycles. The Labute approximate surface area is 316 Å². The van der Waals surface area contributed by atoms with Gasteiger partial charge < -0.3 is 13.7 Å². The molecule has 11 rings (SSSR count). The third kappa shape index (κ3) is 4.39. The Morgan fingerprint density at radius 1 is 0.455 bits per heavy atom. The number of para-hydroxylation sites is 5. The quantitative estimate of drug-likeness (QED) is 0.169. The molecule has 55 heavy (non-hydrogen) atoms. The Hall–Kier alpha value is -7.86. The van der Waals surface area contributed by atoms with Crippen LogP contribution in [0.4, 0.5) is 5.69 Å². The van der Waals surface area contributed by atoms with E-state index in [4.69, 9.17) is 6.57 Å². The molecule has 3 heterocycles. The minimum atomic E-state index is 0.594. The van der Waals surface area contributed by atoms with Gasteiger partial charge in [-0.1, -0.05) is 109 Å². The van der Waals surface area contributed by atoms with Gasteiger partial charge in [-0.15, -0.1) is 0 Å². The first-order valence-electron chi connectivity index (χ1n) is 18.3. The van der Waals surface area contributed by atoms with Gasteiger partial charge in [0.25, 0.3) is 0 Å². The van der Waals surface area contributed by atoms with E-state index in [0.717, 1.165) is 82.8 Å². The second-order valence-electron chi connectivity index (χ2n) is 13.9. The maximum absolute atomic E-state index is 10.8. The molecule has 0 aliphatic heterocycles. The average molecular weight is 700 g/mol. The monoisotopic (exact) mass is 699 g/mol. The van der Waals surface area contributed by atoms with Crippen LogP contribution in [0, 0.1) is 17.9 Å². The lowest BCUT2D eigenvalue weighted by Gasteiger charge is -2.17. The minimum Gasteiger partial charge on any atom is -0.309 e. The van der Waals surface area contributed by atoms with Crippen LogP contribution in [0.1, 0.15) is 5.56 Å². The highest BCUT2D eigenvalue weighted by molar-refractivity contribution is 6.17. The summed E-state index contributed by atoms with van der Waals surface area (Å²) in [7, 11) is 0. The highest BCUT2D eigenvalue weighted by Gasteiger charge is 2.23. The topological polar surface area (TPSA) is 42.9 Å². The molecule has 3 aromatic heterocycles. The van der Waals surface area contributed by atoms with E-state index in [1.807, 2.05) is 24.3 Å². The minimum absolute atomic E-state index is 0.594. The maximum Gasteiger partial charge on any atom is 0.188 e. The third-order valence-corrected chi connectivity index (χ3v) is 11.1. The average Bonchev–Trinajstić information content (AvgIpc) is 3.89. The number of benzene rings is 8. The second-order valence-corrected chi connectivity index (χ2v) is 13.9. The van der Waals surface area contributed by atoms with Crippen LogP contribution in [-0.4, -0.2) is 13.7 Å². The van der Waals surface area contributed by atoms with Gasteiger partial charge in [-0.2, -0.15) is 5.26 Å². The van der Waals surface area contributed by atoms with Crippen molar-refractivity contribution in [3.8, 4) is 34.3 Å². The van der Waals surface area contributed by atoms with Gasteiger partial charge in [0, 0.05) is 38.2 Å². The molecule has 0 amide bonds. The van der Waals surface area contributed by atoms with Crippen molar-refractivity contribution in [1.29, 1.82) is 5.26 Å². The van der Waals surface area contributed by atoms with Crippen LogP contribution in [0.2, 0.25) is 0 Å². The Kier molecular flexibility index (Phi) is 6.61. The predicted octanol–water partition coefficient (Wildman–Crippen LogP) is 13.1. The van der Waals surface area contributed by atoms with Crippen molar-refractivity contribution in [2.45, 2.75) is 0 Å². The summed E-state index contributed by atoms with van der Waals surface area (Å²) in [5.41, 5.74) is 12.6. The molecule has 254 valence electrons. The van der Waals surface area contributed by atoms with Gasteiger partial charge in [0.1, 0.15) is 6.07 Å². The van der Waals surface area contributed by atoms with Crippen LogP contribution in [0.15, 0.2) is 176 Å². The number of aromatic nitrogens is 3. The van der Waals surface area contributed by atoms with E-state index < -0.39 is 0 Å².